The molecule has 3 N–H and O–H groups in total. The molecule has 0 saturated carbocycles. The molecular formula is C17H16F3N3O3S. The molecule has 0 aromatic heterocycles. The minimum atomic E-state index is -4.97. The fourth-order valence-electron chi connectivity index (χ4n) is 2.67. The number of rotatable bonds is 3. The average Bonchev–Trinajstić information content (AvgIpc) is 2.94. The molecule has 3 rings (SSSR count). The number of amidine groups is 1. The lowest BCUT2D eigenvalue weighted by Crippen LogP contribution is -2.47. The molecule has 1 unspecified atom stereocenters. The fraction of sp³-hybridized carbons (Fsp3) is 0.235. The van der Waals surface area contributed by atoms with Crippen LogP contribution in [0.4, 0.5) is 18.9 Å². The van der Waals surface area contributed by atoms with Crippen LogP contribution in [-0.4, -0.2) is 37.8 Å². The molecule has 0 amide bonds. The van der Waals surface area contributed by atoms with E-state index in [-0.39, 0.29) is 16.4 Å². The van der Waals surface area contributed by atoms with Crippen molar-refractivity contribution in [2.24, 2.45) is 10.1 Å². The number of nitrogens with zero attached hydrogens (tertiary/aromatic N) is 2. The van der Waals surface area contributed by atoms with Crippen molar-refractivity contribution in [3.05, 3.63) is 59.7 Å². The number of benzene rings is 2. The Morgan fingerprint density at radius 3 is 2.15 bits per heavy atom. The molecule has 0 bridgehead atoms. The summed E-state index contributed by atoms with van der Waals surface area (Å²) in [7, 11) is -3.94. The summed E-state index contributed by atoms with van der Waals surface area (Å²) in [6.07, 6.45) is -4.97. The normalized spacial score (nSPS) is 20.7. The first kappa shape index (κ1) is 19.3. The number of aliphatic hydroxyl groups is 1. The third-order valence-corrected chi connectivity index (χ3v) is 5.10. The minimum absolute atomic E-state index is 0.0711. The van der Waals surface area contributed by atoms with Crippen molar-refractivity contribution >= 4 is 21.5 Å². The van der Waals surface area contributed by atoms with E-state index >= 15 is 0 Å². The molecule has 0 radical (unpaired) electrons. The predicted octanol–water partition coefficient (Wildman–Crippen LogP) is 2.16. The maximum absolute atomic E-state index is 13.3. The van der Waals surface area contributed by atoms with Crippen molar-refractivity contribution in [3.8, 4) is 0 Å². The number of alkyl halides is 3. The summed E-state index contributed by atoms with van der Waals surface area (Å²) in [5, 5.41) is 15.1. The van der Waals surface area contributed by atoms with Gasteiger partial charge in [-0.25, -0.2) is 18.5 Å². The summed E-state index contributed by atoms with van der Waals surface area (Å²) in [6.45, 7) is 0.977. The molecule has 1 heterocycles. The van der Waals surface area contributed by atoms with Gasteiger partial charge in [0.25, 0.3) is 5.72 Å². The summed E-state index contributed by atoms with van der Waals surface area (Å²) in [5.74, 6) is -0.0711. The Kier molecular flexibility index (Phi) is 4.53. The summed E-state index contributed by atoms with van der Waals surface area (Å²) < 4.78 is 62.7. The highest BCUT2D eigenvalue weighted by atomic mass is 32.2. The summed E-state index contributed by atoms with van der Waals surface area (Å²) >= 11 is 0. The summed E-state index contributed by atoms with van der Waals surface area (Å²) in [4.78, 5) is 4.56. The van der Waals surface area contributed by atoms with Crippen LogP contribution in [0, 0.1) is 6.92 Å². The number of aryl methyl sites for hydroxylation is 1. The van der Waals surface area contributed by atoms with E-state index < -0.39 is 28.5 Å². The van der Waals surface area contributed by atoms with E-state index in [9.17, 15) is 26.7 Å². The zero-order valence-electron chi connectivity index (χ0n) is 14.1. The molecule has 0 spiro atoms. The maximum atomic E-state index is 13.3. The van der Waals surface area contributed by atoms with Gasteiger partial charge in [0.05, 0.1) is 11.4 Å². The zero-order valence-corrected chi connectivity index (χ0v) is 14.9. The number of halogens is 3. The molecule has 1 aliphatic heterocycles. The fourth-order valence-corrected chi connectivity index (χ4v) is 3.19. The molecule has 1 aliphatic rings. The first-order chi connectivity index (χ1) is 12.4. The number of nitrogens with two attached hydrogens (primary N) is 1. The van der Waals surface area contributed by atoms with Gasteiger partial charge < -0.3 is 10.0 Å². The number of β-amino-alcohol motifs (C(OH)–C–C–N with tert-alkyl or cyclic N) is 1. The topological polar surface area (TPSA) is 96.0 Å². The Morgan fingerprint density at radius 2 is 1.67 bits per heavy atom. The smallest absolute Gasteiger partial charge is 0.361 e. The highest BCUT2D eigenvalue weighted by Gasteiger charge is 2.58. The van der Waals surface area contributed by atoms with Crippen molar-refractivity contribution in [1.29, 1.82) is 0 Å². The van der Waals surface area contributed by atoms with Crippen LogP contribution in [0.3, 0.4) is 0 Å². The van der Waals surface area contributed by atoms with Crippen LogP contribution in [0.1, 0.15) is 11.1 Å². The second-order valence-corrected chi connectivity index (χ2v) is 7.80. The van der Waals surface area contributed by atoms with Crippen LogP contribution in [0.25, 0.3) is 0 Å². The molecule has 10 heteroatoms. The standard InChI is InChI=1S/C17H16F3N3O3S/c1-11-2-4-12(5-3-11)15-22-16(24,17(18,19)20)10-23(15)13-6-8-14(9-7-13)27(21,25)26/h2-9,24H,10H2,1H3,(H2,21,25,26). The Labute approximate surface area is 153 Å². The van der Waals surface area contributed by atoms with Gasteiger partial charge in [-0.1, -0.05) is 29.8 Å². The van der Waals surface area contributed by atoms with Gasteiger partial charge in [-0.05, 0) is 31.2 Å². The Morgan fingerprint density at radius 1 is 1.11 bits per heavy atom. The van der Waals surface area contributed by atoms with Crippen LogP contribution in [0.5, 0.6) is 0 Å². The summed E-state index contributed by atoms with van der Waals surface area (Å²) in [5.41, 5.74) is -1.74. The highest BCUT2D eigenvalue weighted by Crippen LogP contribution is 2.38. The average molecular weight is 399 g/mol. The van der Waals surface area contributed by atoms with Gasteiger partial charge in [-0.3, -0.25) is 0 Å². The number of hydrogen-bond donors (Lipinski definition) is 2. The van der Waals surface area contributed by atoms with Crippen molar-refractivity contribution in [2.45, 2.75) is 23.7 Å². The van der Waals surface area contributed by atoms with E-state index in [2.05, 4.69) is 4.99 Å². The Balaban J connectivity index is 2.07. The van der Waals surface area contributed by atoms with E-state index in [0.29, 0.717) is 5.56 Å². The van der Waals surface area contributed by atoms with Crippen molar-refractivity contribution in [3.63, 3.8) is 0 Å². The van der Waals surface area contributed by atoms with Gasteiger partial charge in [0, 0.05) is 11.3 Å². The number of hydrogen-bond acceptors (Lipinski definition) is 5. The molecule has 27 heavy (non-hydrogen) atoms. The van der Waals surface area contributed by atoms with E-state index in [1.165, 1.54) is 29.2 Å². The van der Waals surface area contributed by atoms with E-state index in [4.69, 9.17) is 5.14 Å². The highest BCUT2D eigenvalue weighted by molar-refractivity contribution is 7.89. The van der Waals surface area contributed by atoms with Gasteiger partial charge in [0.2, 0.25) is 10.0 Å². The largest absolute Gasteiger partial charge is 0.440 e. The second-order valence-electron chi connectivity index (χ2n) is 6.24. The van der Waals surface area contributed by atoms with Crippen LogP contribution < -0.4 is 10.0 Å². The minimum Gasteiger partial charge on any atom is -0.361 e. The van der Waals surface area contributed by atoms with Crippen molar-refractivity contribution < 1.29 is 26.7 Å². The van der Waals surface area contributed by atoms with Crippen molar-refractivity contribution in [2.75, 3.05) is 11.4 Å². The first-order valence-corrected chi connectivity index (χ1v) is 9.32. The molecule has 2 aromatic carbocycles. The van der Waals surface area contributed by atoms with E-state index in [1.807, 2.05) is 6.92 Å². The van der Waals surface area contributed by atoms with E-state index in [0.717, 1.165) is 5.56 Å². The van der Waals surface area contributed by atoms with Crippen LogP contribution >= 0.6 is 0 Å². The number of anilines is 1. The van der Waals surface area contributed by atoms with Gasteiger partial charge in [-0.15, -0.1) is 0 Å². The van der Waals surface area contributed by atoms with Gasteiger partial charge >= 0.3 is 6.18 Å². The van der Waals surface area contributed by atoms with Gasteiger partial charge in [-0.2, -0.15) is 13.2 Å². The van der Waals surface area contributed by atoms with Crippen molar-refractivity contribution in [1.82, 2.24) is 0 Å². The third kappa shape index (κ3) is 3.68. The second kappa shape index (κ2) is 6.32. The lowest BCUT2D eigenvalue weighted by molar-refractivity contribution is -0.249. The lowest BCUT2D eigenvalue weighted by atomic mass is 10.1. The first-order valence-electron chi connectivity index (χ1n) is 7.77. The SMILES string of the molecule is Cc1ccc(C2=NC(O)(C(F)(F)F)CN2c2ccc(S(N)(=O)=O)cc2)cc1. The number of primary sulfonamides is 1. The molecule has 2 aromatic rings. The van der Waals surface area contributed by atoms with Crippen LogP contribution in [0.2, 0.25) is 0 Å². The zero-order chi connectivity index (χ0) is 20.0. The molecule has 1 atom stereocenters. The maximum Gasteiger partial charge on any atom is 0.440 e. The number of aliphatic imine (C=N–C) groups is 1. The summed E-state index contributed by atoms with van der Waals surface area (Å²) in [6, 6.07) is 11.6. The Hall–Kier alpha value is -2.43. The third-order valence-electron chi connectivity index (χ3n) is 4.17. The molecule has 0 saturated heterocycles. The molecule has 6 nitrogen and oxygen atoms in total. The van der Waals surface area contributed by atoms with Gasteiger partial charge in [0.15, 0.2) is 0 Å². The molecule has 144 valence electrons. The lowest BCUT2D eigenvalue weighted by Gasteiger charge is -2.25. The van der Waals surface area contributed by atoms with E-state index in [1.54, 1.807) is 24.3 Å². The predicted molar refractivity (Wildman–Crippen MR) is 93.9 cm³/mol. The van der Waals surface area contributed by atoms with Crippen LogP contribution in [0.15, 0.2) is 58.4 Å². The molecule has 0 aliphatic carbocycles. The molecule has 0 fully saturated rings. The monoisotopic (exact) mass is 399 g/mol. The number of sulfonamides is 1. The quantitative estimate of drug-likeness (QED) is 0.827. The van der Waals surface area contributed by atoms with Crippen LogP contribution in [-0.2, 0) is 10.0 Å². The van der Waals surface area contributed by atoms with Gasteiger partial charge in [0.1, 0.15) is 5.84 Å². The molecular weight excluding hydrogens is 383 g/mol. The Bertz CT molecular complexity index is 987.